The molecule has 6 aromatic rings. The summed E-state index contributed by atoms with van der Waals surface area (Å²) in [5.74, 6) is -1.45. The Hall–Kier alpha value is -4.63. The number of aliphatic hydroxyl groups excluding tert-OH is 1. The number of sulfonamides is 2. The number of rotatable bonds is 23. The molecule has 0 aliphatic rings. The van der Waals surface area contributed by atoms with Crippen molar-refractivity contribution in [1.82, 2.24) is 8.61 Å². The van der Waals surface area contributed by atoms with E-state index in [1.807, 2.05) is 114 Å². The van der Waals surface area contributed by atoms with Crippen LogP contribution in [0.4, 0.5) is 0 Å². The first-order valence-corrected chi connectivity index (χ1v) is 30.3. The lowest BCUT2D eigenvalue weighted by molar-refractivity contribution is -0.158. The van der Waals surface area contributed by atoms with Gasteiger partial charge in [0.1, 0.15) is 22.4 Å². The average molecular weight is 1190 g/mol. The van der Waals surface area contributed by atoms with Gasteiger partial charge < -0.3 is 28.2 Å². The molecule has 4 atom stereocenters. The SMILES string of the molecule is CC(C)CN(C[C@@H](O)[C@@H](CC(=O)OC(C)(C)C)Cc1ccccc1)S(=O)(=O)c1ccc2occc2c1.CI.CO[C@H](CN(CC(C)C)S(=O)(=O)c1ccc2occc2c1)[C@@H](CC(=O)OC(C)(C)C)Cc1ccccc1. The Labute approximate surface area is 459 Å². The highest BCUT2D eigenvalue weighted by molar-refractivity contribution is 14.1. The van der Waals surface area contributed by atoms with Crippen molar-refractivity contribution in [3.05, 3.63) is 133 Å². The van der Waals surface area contributed by atoms with Gasteiger partial charge in [0.15, 0.2) is 0 Å². The molecule has 2 aromatic heterocycles. The number of hydrogen-bond acceptors (Lipinski definition) is 12. The summed E-state index contributed by atoms with van der Waals surface area (Å²) in [5.41, 5.74) is 1.96. The fourth-order valence-electron chi connectivity index (χ4n) is 8.55. The lowest BCUT2D eigenvalue weighted by Crippen LogP contribution is -2.44. The molecule has 0 saturated heterocycles. The number of fused-ring (bicyclic) bond motifs is 2. The van der Waals surface area contributed by atoms with Gasteiger partial charge in [0, 0.05) is 55.9 Å². The summed E-state index contributed by atoms with van der Waals surface area (Å²) < 4.78 is 85.5. The van der Waals surface area contributed by atoms with Gasteiger partial charge in [-0.15, -0.1) is 0 Å². The summed E-state index contributed by atoms with van der Waals surface area (Å²) in [4.78, 5) is 27.8. The van der Waals surface area contributed by atoms with Crippen molar-refractivity contribution in [3.63, 3.8) is 0 Å². The van der Waals surface area contributed by atoms with Crippen molar-refractivity contribution in [3.8, 4) is 0 Å². The van der Waals surface area contributed by atoms with Crippen LogP contribution in [0.2, 0.25) is 0 Å². The molecule has 0 bridgehead atoms. The highest BCUT2D eigenvalue weighted by Crippen LogP contribution is 2.29. The Kier molecular flexibility index (Phi) is 24.0. The van der Waals surface area contributed by atoms with E-state index in [-0.39, 0.29) is 66.0 Å². The molecule has 4 aromatic carbocycles. The third-order valence-corrected chi connectivity index (χ3v) is 15.4. The van der Waals surface area contributed by atoms with Crippen LogP contribution < -0.4 is 0 Å². The third kappa shape index (κ3) is 20.0. The smallest absolute Gasteiger partial charge is 0.306 e. The number of benzene rings is 4. The number of esters is 2. The Morgan fingerprint density at radius 2 is 0.960 bits per heavy atom. The summed E-state index contributed by atoms with van der Waals surface area (Å²) in [5, 5.41) is 12.7. The van der Waals surface area contributed by atoms with Crippen LogP contribution in [0.3, 0.4) is 0 Å². The number of ether oxygens (including phenoxy) is 3. The van der Waals surface area contributed by atoms with E-state index >= 15 is 0 Å². The molecule has 0 radical (unpaired) electrons. The molecule has 0 aliphatic carbocycles. The van der Waals surface area contributed by atoms with E-state index in [1.54, 1.807) is 76.6 Å². The minimum absolute atomic E-state index is 0.0239. The number of halogens is 1. The highest BCUT2D eigenvalue weighted by Gasteiger charge is 2.35. The number of nitrogens with zero attached hydrogens (tertiary/aromatic N) is 2. The number of carbonyl (C=O) groups excluding carboxylic acids is 2. The van der Waals surface area contributed by atoms with Crippen LogP contribution in [-0.2, 0) is 56.7 Å². The number of furan rings is 2. The Morgan fingerprint density at radius 3 is 1.35 bits per heavy atom. The zero-order valence-electron chi connectivity index (χ0n) is 45.7. The molecule has 17 heteroatoms. The lowest BCUT2D eigenvalue weighted by atomic mass is 9.90. The molecule has 14 nitrogen and oxygen atoms in total. The van der Waals surface area contributed by atoms with Gasteiger partial charge in [0.05, 0.1) is 47.4 Å². The van der Waals surface area contributed by atoms with Gasteiger partial charge in [-0.05, 0) is 131 Å². The van der Waals surface area contributed by atoms with Crippen molar-refractivity contribution >= 4 is 76.5 Å². The quantitative estimate of drug-likeness (QED) is 0.0364. The molecule has 412 valence electrons. The molecule has 0 fully saturated rings. The van der Waals surface area contributed by atoms with Crippen LogP contribution in [0, 0.1) is 23.7 Å². The summed E-state index contributed by atoms with van der Waals surface area (Å²) in [7, 11) is -6.18. The average Bonchev–Trinajstić information content (AvgIpc) is 4.02. The van der Waals surface area contributed by atoms with Crippen LogP contribution in [0.25, 0.3) is 21.9 Å². The largest absolute Gasteiger partial charge is 0.464 e. The van der Waals surface area contributed by atoms with E-state index in [0.717, 1.165) is 16.5 Å². The summed E-state index contributed by atoms with van der Waals surface area (Å²) >= 11 is 2.15. The second kappa shape index (κ2) is 28.7. The van der Waals surface area contributed by atoms with E-state index in [0.29, 0.717) is 35.9 Å². The standard InChI is InChI=1S/C29H39NO6S.C28H37NO6S.CH3I/c1-21(2)19-30(37(32,33)25-12-13-26-23(17-25)14-15-35-26)20-27(34-6)24(16-22-10-8-7-9-11-22)18-28(31)36-29(3,4)5;1-20(2)18-29(36(32,33)24-11-12-26-22(16-24)13-14-34-26)19-25(30)23(15-21-9-7-6-8-10-21)17-27(31)35-28(3,4)5;1-2/h7-15,17,21,24,27H,16,18-20H2,1-6H3;6-14,16,20,23,25,30H,15,17-19H2,1-5H3;1H3/t24-,27-;23-,25-;/m11./s1. The molecule has 0 spiro atoms. The first-order valence-electron chi connectivity index (χ1n) is 25.3. The van der Waals surface area contributed by atoms with Gasteiger partial charge in [-0.3, -0.25) is 9.59 Å². The minimum atomic E-state index is -3.91. The van der Waals surface area contributed by atoms with E-state index in [9.17, 15) is 31.5 Å². The van der Waals surface area contributed by atoms with Crippen molar-refractivity contribution in [1.29, 1.82) is 0 Å². The van der Waals surface area contributed by atoms with Gasteiger partial charge >= 0.3 is 11.9 Å². The number of hydrogen-bond donors (Lipinski definition) is 1. The molecule has 0 unspecified atom stereocenters. The zero-order valence-corrected chi connectivity index (χ0v) is 49.5. The van der Waals surface area contributed by atoms with Crippen LogP contribution in [0.5, 0.6) is 0 Å². The van der Waals surface area contributed by atoms with E-state index in [2.05, 4.69) is 22.6 Å². The molecule has 1 N–H and O–H groups in total. The summed E-state index contributed by atoms with van der Waals surface area (Å²) in [6.45, 7) is 19.2. The molecule has 0 aliphatic heterocycles. The minimum Gasteiger partial charge on any atom is -0.464 e. The summed E-state index contributed by atoms with van der Waals surface area (Å²) in [6, 6.07) is 32.4. The van der Waals surface area contributed by atoms with Crippen molar-refractivity contribution in [2.45, 2.75) is 128 Å². The maximum atomic E-state index is 13.8. The van der Waals surface area contributed by atoms with Gasteiger partial charge in [0.25, 0.3) is 0 Å². The van der Waals surface area contributed by atoms with Crippen molar-refractivity contribution in [2.24, 2.45) is 23.7 Å². The first-order chi connectivity index (χ1) is 35.2. The van der Waals surface area contributed by atoms with Crippen molar-refractivity contribution in [2.75, 3.05) is 38.2 Å². The van der Waals surface area contributed by atoms with Crippen LogP contribution in [0.1, 0.15) is 93.2 Å². The molecular weight excluding hydrogens is 1110 g/mol. The molecular formula is C58H79IN2O12S2. The second-order valence-electron chi connectivity index (χ2n) is 21.5. The first kappa shape index (κ1) is 62.9. The Morgan fingerprint density at radius 1 is 0.573 bits per heavy atom. The molecule has 75 heavy (non-hydrogen) atoms. The zero-order chi connectivity index (χ0) is 55.7. The van der Waals surface area contributed by atoms with Crippen LogP contribution in [0.15, 0.2) is 140 Å². The molecule has 2 heterocycles. The predicted octanol–water partition coefficient (Wildman–Crippen LogP) is 11.8. The second-order valence-corrected chi connectivity index (χ2v) is 25.4. The van der Waals surface area contributed by atoms with E-state index < -0.39 is 55.3 Å². The number of alkyl halides is 1. The van der Waals surface area contributed by atoms with Gasteiger partial charge in [-0.1, -0.05) is 111 Å². The molecule has 0 saturated carbocycles. The highest BCUT2D eigenvalue weighted by atomic mass is 127. The van der Waals surface area contributed by atoms with Gasteiger partial charge in [-0.25, -0.2) is 16.8 Å². The maximum Gasteiger partial charge on any atom is 0.306 e. The number of carbonyl (C=O) groups is 2. The fraction of sp³-hybridized carbons (Fsp3) is 0.483. The number of aliphatic hydroxyl groups is 1. The van der Waals surface area contributed by atoms with E-state index in [4.69, 9.17) is 23.0 Å². The fourth-order valence-corrected chi connectivity index (χ4v) is 11.9. The molecule has 0 amide bonds. The topological polar surface area (TPSA) is 183 Å². The number of methoxy groups -OCH3 is 1. The predicted molar refractivity (Wildman–Crippen MR) is 305 cm³/mol. The van der Waals surface area contributed by atoms with Crippen LogP contribution in [-0.4, -0.2) is 104 Å². The third-order valence-electron chi connectivity index (χ3n) is 11.8. The lowest BCUT2D eigenvalue weighted by Gasteiger charge is -2.32. The van der Waals surface area contributed by atoms with Crippen LogP contribution >= 0.6 is 22.6 Å². The Balaban J connectivity index is 0.000000314. The van der Waals surface area contributed by atoms with Gasteiger partial charge in [-0.2, -0.15) is 8.61 Å². The van der Waals surface area contributed by atoms with E-state index in [1.165, 1.54) is 20.9 Å². The molecule has 6 rings (SSSR count). The normalized spacial score (nSPS) is 14.0. The summed E-state index contributed by atoms with van der Waals surface area (Å²) in [6.07, 6.45) is 2.50. The van der Waals surface area contributed by atoms with Crippen molar-refractivity contribution < 1.29 is 54.6 Å². The van der Waals surface area contributed by atoms with Gasteiger partial charge in [0.2, 0.25) is 20.0 Å². The maximum absolute atomic E-state index is 13.8. The Bertz CT molecular complexity index is 2910. The monoisotopic (exact) mass is 1190 g/mol.